The standard InChI is InChI=1S/C9H8N2O2/c12-8-3-1-7(2-4-8)11-9(13)5-6-10-11/h1-6,10,12H. The van der Waals surface area contributed by atoms with Gasteiger partial charge in [-0.2, -0.15) is 0 Å². The molecule has 0 saturated heterocycles. The molecular formula is C9H8N2O2. The van der Waals surface area contributed by atoms with E-state index in [1.165, 1.54) is 22.9 Å². The molecule has 0 fully saturated rings. The van der Waals surface area contributed by atoms with Crippen LogP contribution in [0.15, 0.2) is 41.3 Å². The van der Waals surface area contributed by atoms with Crippen LogP contribution in [0.25, 0.3) is 5.69 Å². The van der Waals surface area contributed by atoms with Crippen molar-refractivity contribution in [2.24, 2.45) is 0 Å². The first kappa shape index (κ1) is 7.67. The number of nitrogens with zero attached hydrogens (tertiary/aromatic N) is 1. The predicted octanol–water partition coefficient (Wildman–Crippen LogP) is 0.871. The zero-order valence-corrected chi connectivity index (χ0v) is 6.77. The second-order valence-electron chi connectivity index (χ2n) is 2.65. The number of phenolic OH excluding ortho intramolecular Hbond substituents is 1. The zero-order chi connectivity index (χ0) is 9.26. The van der Waals surface area contributed by atoms with Crippen molar-refractivity contribution >= 4 is 0 Å². The lowest BCUT2D eigenvalue weighted by Crippen LogP contribution is -2.12. The Morgan fingerprint density at radius 3 is 2.38 bits per heavy atom. The van der Waals surface area contributed by atoms with Crippen molar-refractivity contribution in [3.05, 3.63) is 46.9 Å². The summed E-state index contributed by atoms with van der Waals surface area (Å²) in [6.07, 6.45) is 1.56. The Balaban J connectivity index is 2.54. The number of H-pyrrole nitrogens is 1. The number of rotatable bonds is 1. The maximum absolute atomic E-state index is 11.2. The van der Waals surface area contributed by atoms with Crippen LogP contribution in [0.2, 0.25) is 0 Å². The van der Waals surface area contributed by atoms with Crippen LogP contribution < -0.4 is 5.56 Å². The molecule has 4 nitrogen and oxygen atoms in total. The van der Waals surface area contributed by atoms with Gasteiger partial charge in [0.2, 0.25) is 0 Å². The van der Waals surface area contributed by atoms with Gasteiger partial charge in [0.05, 0.1) is 5.69 Å². The van der Waals surface area contributed by atoms with Crippen LogP contribution in [0, 0.1) is 0 Å². The SMILES string of the molecule is O=c1cc[nH]n1-c1ccc(O)cc1. The van der Waals surface area contributed by atoms with Gasteiger partial charge in [0.25, 0.3) is 5.56 Å². The maximum atomic E-state index is 11.2. The minimum atomic E-state index is -0.120. The van der Waals surface area contributed by atoms with E-state index in [1.54, 1.807) is 18.3 Å². The molecule has 0 aliphatic heterocycles. The number of hydrogen-bond acceptors (Lipinski definition) is 2. The van der Waals surface area contributed by atoms with Gasteiger partial charge in [0.1, 0.15) is 5.75 Å². The number of benzene rings is 1. The van der Waals surface area contributed by atoms with Crippen molar-refractivity contribution in [3.8, 4) is 11.4 Å². The monoisotopic (exact) mass is 176 g/mol. The molecule has 0 aliphatic rings. The molecule has 2 aromatic rings. The van der Waals surface area contributed by atoms with Crippen molar-refractivity contribution < 1.29 is 5.11 Å². The van der Waals surface area contributed by atoms with Crippen LogP contribution in [-0.4, -0.2) is 14.9 Å². The van der Waals surface area contributed by atoms with Gasteiger partial charge in [0, 0.05) is 12.3 Å². The predicted molar refractivity (Wildman–Crippen MR) is 48.1 cm³/mol. The lowest BCUT2D eigenvalue weighted by molar-refractivity contribution is 0.475. The summed E-state index contributed by atoms with van der Waals surface area (Å²) in [4.78, 5) is 11.2. The lowest BCUT2D eigenvalue weighted by Gasteiger charge is -2.00. The lowest BCUT2D eigenvalue weighted by atomic mass is 10.3. The molecule has 13 heavy (non-hydrogen) atoms. The van der Waals surface area contributed by atoms with Crippen LogP contribution >= 0.6 is 0 Å². The number of nitrogens with one attached hydrogen (secondary N) is 1. The van der Waals surface area contributed by atoms with Crippen molar-refractivity contribution in [1.29, 1.82) is 0 Å². The Bertz CT molecular complexity index is 453. The van der Waals surface area contributed by atoms with E-state index in [4.69, 9.17) is 5.11 Å². The highest BCUT2D eigenvalue weighted by molar-refractivity contribution is 5.35. The largest absolute Gasteiger partial charge is 0.508 e. The molecule has 0 spiro atoms. The van der Waals surface area contributed by atoms with Gasteiger partial charge >= 0.3 is 0 Å². The number of aromatic nitrogens is 2. The normalized spacial score (nSPS) is 10.2. The molecule has 0 radical (unpaired) electrons. The fourth-order valence-corrected chi connectivity index (χ4v) is 1.12. The van der Waals surface area contributed by atoms with E-state index in [0.29, 0.717) is 5.69 Å². The second-order valence-corrected chi connectivity index (χ2v) is 2.65. The van der Waals surface area contributed by atoms with Gasteiger partial charge in [-0.3, -0.25) is 9.89 Å². The summed E-state index contributed by atoms with van der Waals surface area (Å²) in [6.45, 7) is 0. The average molecular weight is 176 g/mol. The molecule has 0 unspecified atom stereocenters. The van der Waals surface area contributed by atoms with E-state index in [1.807, 2.05) is 0 Å². The highest BCUT2D eigenvalue weighted by Crippen LogP contribution is 2.10. The van der Waals surface area contributed by atoms with Crippen LogP contribution in [0.4, 0.5) is 0 Å². The third kappa shape index (κ3) is 1.33. The van der Waals surface area contributed by atoms with Gasteiger partial charge in [-0.05, 0) is 24.3 Å². The third-order valence-electron chi connectivity index (χ3n) is 1.76. The number of aromatic amines is 1. The van der Waals surface area contributed by atoms with Crippen LogP contribution in [0.3, 0.4) is 0 Å². The summed E-state index contributed by atoms with van der Waals surface area (Å²) in [5.74, 6) is 0.184. The molecule has 0 saturated carbocycles. The Labute approximate surface area is 74.1 Å². The van der Waals surface area contributed by atoms with Gasteiger partial charge < -0.3 is 5.11 Å². The number of aromatic hydroxyl groups is 1. The van der Waals surface area contributed by atoms with E-state index < -0.39 is 0 Å². The smallest absolute Gasteiger partial charge is 0.271 e. The Kier molecular flexibility index (Phi) is 1.66. The number of hydrogen-bond donors (Lipinski definition) is 2. The van der Waals surface area contributed by atoms with Gasteiger partial charge in [-0.15, -0.1) is 0 Å². The highest BCUT2D eigenvalue weighted by atomic mass is 16.3. The summed E-state index contributed by atoms with van der Waals surface area (Å²) in [5.41, 5.74) is 0.582. The van der Waals surface area contributed by atoms with Crippen molar-refractivity contribution in [2.45, 2.75) is 0 Å². The second kappa shape index (κ2) is 2.82. The molecule has 1 aromatic heterocycles. The zero-order valence-electron chi connectivity index (χ0n) is 6.77. The first-order valence-electron chi connectivity index (χ1n) is 3.83. The molecule has 2 N–H and O–H groups in total. The molecule has 1 heterocycles. The molecule has 0 atom stereocenters. The summed E-state index contributed by atoms with van der Waals surface area (Å²) < 4.78 is 1.39. The van der Waals surface area contributed by atoms with Gasteiger partial charge in [-0.25, -0.2) is 4.68 Å². The summed E-state index contributed by atoms with van der Waals surface area (Å²) in [5, 5.41) is 11.8. The molecular weight excluding hydrogens is 168 g/mol. The summed E-state index contributed by atoms with van der Waals surface area (Å²) >= 11 is 0. The average Bonchev–Trinajstić information content (AvgIpc) is 2.53. The highest BCUT2D eigenvalue weighted by Gasteiger charge is 1.98. The first-order chi connectivity index (χ1) is 6.27. The minimum absolute atomic E-state index is 0.120. The van der Waals surface area contributed by atoms with Crippen molar-refractivity contribution in [3.63, 3.8) is 0 Å². The molecule has 1 aromatic carbocycles. The van der Waals surface area contributed by atoms with E-state index in [0.717, 1.165) is 0 Å². The molecule has 0 bridgehead atoms. The fraction of sp³-hybridized carbons (Fsp3) is 0. The maximum Gasteiger partial charge on any atom is 0.271 e. The van der Waals surface area contributed by atoms with E-state index >= 15 is 0 Å². The molecule has 2 rings (SSSR count). The van der Waals surface area contributed by atoms with Crippen LogP contribution in [0.5, 0.6) is 5.75 Å². The third-order valence-corrected chi connectivity index (χ3v) is 1.76. The van der Waals surface area contributed by atoms with Crippen molar-refractivity contribution in [2.75, 3.05) is 0 Å². The molecule has 0 aliphatic carbocycles. The summed E-state index contributed by atoms with van der Waals surface area (Å²) in [7, 11) is 0. The molecule has 0 amide bonds. The Morgan fingerprint density at radius 2 is 1.85 bits per heavy atom. The van der Waals surface area contributed by atoms with Crippen LogP contribution in [-0.2, 0) is 0 Å². The quantitative estimate of drug-likeness (QED) is 0.677. The number of phenols is 1. The Hall–Kier alpha value is -1.97. The van der Waals surface area contributed by atoms with E-state index in [9.17, 15) is 4.79 Å². The Morgan fingerprint density at radius 1 is 1.15 bits per heavy atom. The van der Waals surface area contributed by atoms with Crippen molar-refractivity contribution in [1.82, 2.24) is 9.78 Å². The fourth-order valence-electron chi connectivity index (χ4n) is 1.12. The topological polar surface area (TPSA) is 58.0 Å². The molecule has 66 valence electrons. The summed E-state index contributed by atoms with van der Waals surface area (Å²) in [6, 6.07) is 7.82. The van der Waals surface area contributed by atoms with Crippen LogP contribution in [0.1, 0.15) is 0 Å². The van der Waals surface area contributed by atoms with Gasteiger partial charge in [-0.1, -0.05) is 0 Å². The first-order valence-corrected chi connectivity index (χ1v) is 3.83. The minimum Gasteiger partial charge on any atom is -0.508 e. The van der Waals surface area contributed by atoms with E-state index in [-0.39, 0.29) is 11.3 Å². The molecule has 4 heteroatoms. The van der Waals surface area contributed by atoms with E-state index in [2.05, 4.69) is 5.10 Å². The van der Waals surface area contributed by atoms with Gasteiger partial charge in [0.15, 0.2) is 0 Å².